The summed E-state index contributed by atoms with van der Waals surface area (Å²) in [5.41, 5.74) is 10.8. The smallest absolute Gasteiger partial charge is 0.278 e. The second-order valence-electron chi connectivity index (χ2n) is 6.34. The Morgan fingerprint density at radius 1 is 1.03 bits per heavy atom. The van der Waals surface area contributed by atoms with E-state index in [0.29, 0.717) is 0 Å². The van der Waals surface area contributed by atoms with E-state index in [9.17, 15) is 30.7 Å². The van der Waals surface area contributed by atoms with Crippen molar-refractivity contribution in [2.24, 2.45) is 5.11 Å². The molecule has 1 aromatic heterocycles. The molecule has 162 valence electrons. The van der Waals surface area contributed by atoms with Gasteiger partial charge in [0.1, 0.15) is 11.4 Å². The zero-order chi connectivity index (χ0) is 22.9. The van der Waals surface area contributed by atoms with E-state index < -0.39 is 52.2 Å². The number of benzene rings is 2. The number of hydrogen-bond acceptors (Lipinski definition) is 3. The number of aromatic nitrogens is 1. The number of nitrogen functional groups attached to an aromatic ring is 1. The number of nitrogens with two attached hydrogens (primary N) is 1. The Balaban J connectivity index is 2.15. The maximum atomic E-state index is 14.7. The minimum absolute atomic E-state index is 0.0792. The molecule has 13 heteroatoms. The van der Waals surface area contributed by atoms with Crippen LogP contribution in [0.25, 0.3) is 10.4 Å². The van der Waals surface area contributed by atoms with Crippen LogP contribution in [0.2, 0.25) is 0 Å². The molecule has 5 nitrogen and oxygen atoms in total. The Labute approximate surface area is 173 Å². The molecule has 0 fully saturated rings. The van der Waals surface area contributed by atoms with Gasteiger partial charge in [-0.2, -0.15) is 13.2 Å². The maximum absolute atomic E-state index is 14.7. The number of nitrogens with zero attached hydrogens (tertiary/aromatic N) is 3. The number of halogens is 7. The molecule has 31 heavy (non-hydrogen) atoms. The van der Waals surface area contributed by atoms with E-state index in [1.54, 1.807) is 0 Å². The molecule has 1 atom stereocenters. The van der Waals surface area contributed by atoms with Gasteiger partial charge in [0.2, 0.25) is 0 Å². The number of nitrogens with one attached hydrogen (secondary N) is 1. The highest BCUT2D eigenvalue weighted by atomic mass is 32.1. The van der Waals surface area contributed by atoms with Crippen LogP contribution in [0.4, 0.5) is 41.6 Å². The first-order chi connectivity index (χ1) is 14.5. The van der Waals surface area contributed by atoms with Crippen molar-refractivity contribution in [2.45, 2.75) is 18.5 Å². The second-order valence-corrected chi connectivity index (χ2v) is 7.25. The van der Waals surface area contributed by atoms with Crippen molar-refractivity contribution < 1.29 is 35.7 Å². The van der Waals surface area contributed by atoms with E-state index >= 15 is 0 Å². The van der Waals surface area contributed by atoms with Crippen molar-refractivity contribution in [3.05, 3.63) is 85.7 Å². The highest BCUT2D eigenvalue weighted by molar-refractivity contribution is 7.13. The zero-order valence-corrected chi connectivity index (χ0v) is 16.0. The third kappa shape index (κ3) is 4.42. The fourth-order valence-corrected chi connectivity index (χ4v) is 3.66. The average molecular weight is 462 g/mol. The average Bonchev–Trinajstić information content (AvgIpc) is 3.15. The van der Waals surface area contributed by atoms with Crippen LogP contribution in [0.15, 0.2) is 34.8 Å². The van der Waals surface area contributed by atoms with E-state index in [1.165, 1.54) is 5.38 Å². The molecule has 0 amide bonds. The number of H-pyrrole nitrogens is 1. The molecule has 3 aromatic rings. The molecule has 0 radical (unpaired) electrons. The van der Waals surface area contributed by atoms with E-state index in [2.05, 4.69) is 15.0 Å². The van der Waals surface area contributed by atoms with Crippen molar-refractivity contribution in [2.75, 3.05) is 5.73 Å². The third-order valence-corrected chi connectivity index (χ3v) is 5.17. The van der Waals surface area contributed by atoms with Gasteiger partial charge >= 0.3 is 11.3 Å². The standard InChI is InChI=1S/C18H10F7N5S/c19-12-11(13(20)15(22)16(14(12)21)29-30-27)9(10-6-31-17(26)28-10)5-7-1-3-8(4-2-7)18(23,24)25/h1-4,6,9H,5H2,(H2,26,28)/p+1. The lowest BCUT2D eigenvalue weighted by Gasteiger charge is -2.18. The Bertz CT molecular complexity index is 1140. The molecule has 1 unspecified atom stereocenters. The Morgan fingerprint density at radius 2 is 1.61 bits per heavy atom. The van der Waals surface area contributed by atoms with Gasteiger partial charge in [0.15, 0.2) is 23.3 Å². The summed E-state index contributed by atoms with van der Waals surface area (Å²) in [6, 6.07) is 3.72. The number of hydrogen-bond donors (Lipinski definition) is 1. The van der Waals surface area contributed by atoms with Gasteiger partial charge < -0.3 is 0 Å². The lowest BCUT2D eigenvalue weighted by molar-refractivity contribution is -0.368. The minimum Gasteiger partial charge on any atom is -0.278 e. The van der Waals surface area contributed by atoms with Crippen molar-refractivity contribution in [3.63, 3.8) is 0 Å². The number of aromatic amines is 1. The number of rotatable bonds is 5. The lowest BCUT2D eigenvalue weighted by Crippen LogP contribution is -2.20. The van der Waals surface area contributed by atoms with Gasteiger partial charge in [-0.1, -0.05) is 28.6 Å². The highest BCUT2D eigenvalue weighted by Crippen LogP contribution is 2.38. The normalized spacial score (nSPS) is 12.5. The van der Waals surface area contributed by atoms with E-state index in [0.717, 1.165) is 35.6 Å². The molecule has 0 spiro atoms. The summed E-state index contributed by atoms with van der Waals surface area (Å²) >= 11 is 0.950. The Morgan fingerprint density at radius 3 is 2.06 bits per heavy atom. The molecule has 0 aliphatic heterocycles. The topological polar surface area (TPSA) is 88.9 Å². The first-order valence-electron chi connectivity index (χ1n) is 8.37. The molecule has 0 aliphatic carbocycles. The summed E-state index contributed by atoms with van der Waals surface area (Å²) in [6.07, 6.45) is -4.91. The zero-order valence-electron chi connectivity index (χ0n) is 15.1. The van der Waals surface area contributed by atoms with Gasteiger partial charge in [-0.15, -0.1) is 0 Å². The van der Waals surface area contributed by atoms with Gasteiger partial charge in [0.05, 0.1) is 11.5 Å². The molecule has 0 saturated heterocycles. The van der Waals surface area contributed by atoms with Crippen LogP contribution < -0.4 is 10.7 Å². The molecular weight excluding hydrogens is 451 g/mol. The Kier molecular flexibility index (Phi) is 6.09. The first kappa shape index (κ1) is 22.4. The predicted octanol–water partition coefficient (Wildman–Crippen LogP) is 6.04. The predicted molar refractivity (Wildman–Crippen MR) is 97.4 cm³/mol. The van der Waals surface area contributed by atoms with Crippen LogP contribution in [-0.2, 0) is 12.6 Å². The fourth-order valence-electron chi connectivity index (χ4n) is 3.01. The number of alkyl halides is 3. The molecule has 0 saturated carbocycles. The van der Waals surface area contributed by atoms with Gasteiger partial charge in [-0.05, 0) is 29.6 Å². The number of azide groups is 1. The SMILES string of the molecule is [N-]=[N+]=Nc1c(F)c(F)c(C(Cc2ccc(C(F)(F)F)cc2)c2csc(N)[nH+]2)c(F)c1F. The molecular formula is C18H11F7N5S+. The molecule has 1 heterocycles. The summed E-state index contributed by atoms with van der Waals surface area (Å²) < 4.78 is 96.4. The second kappa shape index (κ2) is 8.44. The van der Waals surface area contributed by atoms with Crippen LogP contribution in [0.3, 0.4) is 0 Å². The van der Waals surface area contributed by atoms with Gasteiger partial charge in [0.25, 0.3) is 0 Å². The summed E-state index contributed by atoms with van der Waals surface area (Å²) in [4.78, 5) is 4.76. The Hall–Kier alpha value is -3.31. The molecule has 3 N–H and O–H groups in total. The lowest BCUT2D eigenvalue weighted by atomic mass is 9.88. The quantitative estimate of drug-likeness (QED) is 0.162. The summed E-state index contributed by atoms with van der Waals surface area (Å²) in [7, 11) is 0. The summed E-state index contributed by atoms with van der Waals surface area (Å²) in [5.74, 6) is -8.76. The van der Waals surface area contributed by atoms with Crippen LogP contribution in [0.5, 0.6) is 0 Å². The fraction of sp³-hybridized carbons (Fsp3) is 0.167. The van der Waals surface area contributed by atoms with Crippen molar-refractivity contribution in [1.29, 1.82) is 0 Å². The summed E-state index contributed by atoms with van der Waals surface area (Å²) in [6.45, 7) is 0. The van der Waals surface area contributed by atoms with Gasteiger partial charge in [0, 0.05) is 15.9 Å². The monoisotopic (exact) mass is 462 g/mol. The van der Waals surface area contributed by atoms with Crippen LogP contribution >= 0.6 is 11.3 Å². The van der Waals surface area contributed by atoms with E-state index in [4.69, 9.17) is 11.3 Å². The maximum Gasteiger partial charge on any atom is 0.416 e. The summed E-state index contributed by atoms with van der Waals surface area (Å²) in [5, 5.41) is 4.13. The largest absolute Gasteiger partial charge is 0.416 e. The van der Waals surface area contributed by atoms with Crippen LogP contribution in [0, 0.1) is 23.3 Å². The van der Waals surface area contributed by atoms with Crippen molar-refractivity contribution in [1.82, 2.24) is 0 Å². The minimum atomic E-state index is -4.59. The molecule has 0 aliphatic rings. The molecule has 2 aromatic carbocycles. The first-order valence-corrected chi connectivity index (χ1v) is 9.25. The van der Waals surface area contributed by atoms with Gasteiger partial charge in [-0.3, -0.25) is 5.73 Å². The number of thiazole rings is 1. The van der Waals surface area contributed by atoms with Crippen LogP contribution in [-0.4, -0.2) is 0 Å². The number of anilines is 1. The van der Waals surface area contributed by atoms with Crippen molar-refractivity contribution in [3.8, 4) is 0 Å². The molecule has 3 rings (SSSR count). The van der Waals surface area contributed by atoms with E-state index in [1.807, 2.05) is 0 Å². The van der Waals surface area contributed by atoms with E-state index in [-0.39, 0.29) is 22.8 Å². The third-order valence-electron chi connectivity index (χ3n) is 4.44. The van der Waals surface area contributed by atoms with Crippen molar-refractivity contribution >= 4 is 22.2 Å². The molecule has 0 bridgehead atoms. The highest BCUT2D eigenvalue weighted by Gasteiger charge is 2.34. The van der Waals surface area contributed by atoms with Crippen LogP contribution in [0.1, 0.15) is 28.3 Å². The van der Waals surface area contributed by atoms with Gasteiger partial charge in [-0.25, -0.2) is 22.5 Å².